The van der Waals surface area contributed by atoms with Crippen molar-refractivity contribution in [1.29, 1.82) is 0 Å². The van der Waals surface area contributed by atoms with E-state index in [0.29, 0.717) is 37.1 Å². The highest BCUT2D eigenvalue weighted by atomic mass is 16.7. The molecule has 0 spiro atoms. The number of hydrogen-bond acceptors (Lipinski definition) is 3. The van der Waals surface area contributed by atoms with Crippen LogP contribution in [0.15, 0.2) is 65.7 Å². The van der Waals surface area contributed by atoms with E-state index in [1.54, 1.807) is 6.92 Å². The third-order valence-corrected chi connectivity index (χ3v) is 4.39. The number of hydroxylamine groups is 1. The second-order valence-electron chi connectivity index (χ2n) is 6.05. The Morgan fingerprint density at radius 1 is 0.962 bits per heavy atom. The molecule has 0 heterocycles. The molecular weight excluding hydrogens is 330 g/mol. The summed E-state index contributed by atoms with van der Waals surface area (Å²) in [7, 11) is 0. The van der Waals surface area contributed by atoms with Crippen LogP contribution in [-0.4, -0.2) is 23.6 Å². The van der Waals surface area contributed by atoms with Gasteiger partial charge in [-0.25, -0.2) is 4.79 Å². The second-order valence-corrected chi connectivity index (χ2v) is 6.05. The second kappa shape index (κ2) is 7.97. The number of aliphatic carboxylic acids is 1. The van der Waals surface area contributed by atoms with Crippen molar-refractivity contribution in [3.05, 3.63) is 65.7 Å². The molecule has 134 valence electrons. The van der Waals surface area contributed by atoms with Crippen LogP contribution in [0.1, 0.15) is 26.2 Å². The predicted molar refractivity (Wildman–Crippen MR) is 99.5 cm³/mol. The van der Waals surface area contributed by atoms with E-state index >= 15 is 0 Å². The molecule has 1 amide bonds. The van der Waals surface area contributed by atoms with Crippen molar-refractivity contribution in [2.24, 2.45) is 0 Å². The van der Waals surface area contributed by atoms with Crippen LogP contribution in [0.25, 0.3) is 11.1 Å². The fourth-order valence-corrected chi connectivity index (χ4v) is 3.14. The van der Waals surface area contributed by atoms with Gasteiger partial charge in [0.2, 0.25) is 0 Å². The van der Waals surface area contributed by atoms with Gasteiger partial charge in [0.15, 0.2) is 0 Å². The Hall–Kier alpha value is -2.92. The number of hydrogen-bond donors (Lipinski definition) is 1. The van der Waals surface area contributed by atoms with E-state index in [9.17, 15) is 14.7 Å². The van der Waals surface area contributed by atoms with Crippen LogP contribution >= 0.6 is 0 Å². The first kappa shape index (κ1) is 17.9. The zero-order valence-electron chi connectivity index (χ0n) is 14.6. The van der Waals surface area contributed by atoms with E-state index in [1.807, 2.05) is 54.6 Å². The largest absolute Gasteiger partial charge is 0.478 e. The minimum Gasteiger partial charge on any atom is -0.478 e. The van der Waals surface area contributed by atoms with E-state index in [-0.39, 0.29) is 5.57 Å². The molecule has 0 aliphatic heterocycles. The van der Waals surface area contributed by atoms with Crippen molar-refractivity contribution in [2.75, 3.05) is 11.7 Å². The molecule has 0 aromatic heterocycles. The Kier molecular flexibility index (Phi) is 5.49. The lowest BCUT2D eigenvalue weighted by atomic mass is 10.1. The molecule has 1 N–H and O–H groups in total. The summed E-state index contributed by atoms with van der Waals surface area (Å²) in [4.78, 5) is 29.8. The lowest BCUT2D eigenvalue weighted by molar-refractivity contribution is -0.133. The molecule has 0 saturated heterocycles. The van der Waals surface area contributed by atoms with Crippen molar-refractivity contribution >= 4 is 17.6 Å². The molecule has 0 bridgehead atoms. The van der Waals surface area contributed by atoms with Gasteiger partial charge in [-0.2, -0.15) is 5.06 Å². The summed E-state index contributed by atoms with van der Waals surface area (Å²) in [5, 5.41) is 10.5. The Balaban J connectivity index is 1.89. The van der Waals surface area contributed by atoms with Gasteiger partial charge in [-0.3, -0.25) is 9.63 Å². The lowest BCUT2D eigenvalue weighted by Crippen LogP contribution is -2.32. The number of rotatable bonds is 6. The number of carboxylic acid groups (broad SMARTS) is 1. The van der Waals surface area contributed by atoms with Crippen molar-refractivity contribution in [3.63, 3.8) is 0 Å². The number of carbonyl (C=O) groups excluding carboxylic acids is 1. The Morgan fingerprint density at radius 3 is 2.19 bits per heavy atom. The van der Waals surface area contributed by atoms with Crippen LogP contribution in [0.3, 0.4) is 0 Å². The summed E-state index contributed by atoms with van der Waals surface area (Å²) in [6, 6.07) is 17.4. The van der Waals surface area contributed by atoms with Crippen molar-refractivity contribution in [2.45, 2.75) is 26.2 Å². The average Bonchev–Trinajstić information content (AvgIpc) is 3.17. The summed E-state index contributed by atoms with van der Waals surface area (Å²) >= 11 is 0. The van der Waals surface area contributed by atoms with Crippen LogP contribution in [-0.2, 0) is 14.4 Å². The monoisotopic (exact) mass is 351 g/mol. The van der Waals surface area contributed by atoms with Crippen molar-refractivity contribution < 1.29 is 19.5 Å². The van der Waals surface area contributed by atoms with Gasteiger partial charge in [0.1, 0.15) is 0 Å². The number of carboxylic acids is 1. The summed E-state index contributed by atoms with van der Waals surface area (Å²) in [6.07, 6.45) is 1.56. The molecule has 0 fully saturated rings. The quantitative estimate of drug-likeness (QED) is 0.792. The molecule has 5 nitrogen and oxygen atoms in total. The molecule has 3 rings (SSSR count). The summed E-state index contributed by atoms with van der Waals surface area (Å²) in [6.45, 7) is 2.10. The highest BCUT2D eigenvalue weighted by Crippen LogP contribution is 2.30. The smallest absolute Gasteiger partial charge is 0.332 e. The number of carbonyl (C=O) groups is 2. The summed E-state index contributed by atoms with van der Waals surface area (Å²) in [5.41, 5.74) is 3.23. The van der Waals surface area contributed by atoms with Crippen LogP contribution in [0.2, 0.25) is 0 Å². The molecule has 2 aromatic rings. The predicted octanol–water partition coefficient (Wildman–Crippen LogP) is 4.20. The van der Waals surface area contributed by atoms with Crippen LogP contribution in [0.5, 0.6) is 0 Å². The zero-order chi connectivity index (χ0) is 18.5. The van der Waals surface area contributed by atoms with Gasteiger partial charge < -0.3 is 5.11 Å². The minimum atomic E-state index is -1.03. The maximum absolute atomic E-state index is 12.9. The van der Waals surface area contributed by atoms with Gasteiger partial charge in [-0.15, -0.1) is 0 Å². The fourth-order valence-electron chi connectivity index (χ4n) is 3.14. The van der Waals surface area contributed by atoms with Gasteiger partial charge in [0, 0.05) is 11.1 Å². The Bertz CT molecular complexity index is 825. The Labute approximate surface area is 152 Å². The lowest BCUT2D eigenvalue weighted by Gasteiger charge is -2.22. The summed E-state index contributed by atoms with van der Waals surface area (Å²) < 4.78 is 0. The molecule has 0 saturated carbocycles. The summed E-state index contributed by atoms with van der Waals surface area (Å²) in [5.74, 6) is -1.42. The topological polar surface area (TPSA) is 66.8 Å². The van der Waals surface area contributed by atoms with Gasteiger partial charge in [0.05, 0.1) is 12.3 Å². The highest BCUT2D eigenvalue weighted by Gasteiger charge is 2.29. The van der Waals surface area contributed by atoms with Crippen molar-refractivity contribution in [1.82, 2.24) is 0 Å². The highest BCUT2D eigenvalue weighted by molar-refractivity contribution is 6.09. The number of anilines is 1. The molecule has 1 aliphatic rings. The minimum absolute atomic E-state index is 0.195. The number of amides is 1. The normalized spacial score (nSPS) is 13.7. The van der Waals surface area contributed by atoms with Crippen LogP contribution in [0.4, 0.5) is 5.69 Å². The first-order valence-electron chi connectivity index (χ1n) is 8.70. The van der Waals surface area contributed by atoms with Gasteiger partial charge in [0.25, 0.3) is 5.91 Å². The van der Waals surface area contributed by atoms with E-state index < -0.39 is 11.9 Å². The first-order chi connectivity index (χ1) is 12.6. The average molecular weight is 351 g/mol. The maximum Gasteiger partial charge on any atom is 0.332 e. The SMILES string of the molecule is CCON(C(=O)C1=C(C(=O)O)CCC1)c1ccc(-c2ccccc2)cc1. The molecule has 1 aliphatic carbocycles. The zero-order valence-corrected chi connectivity index (χ0v) is 14.6. The van der Waals surface area contributed by atoms with Crippen molar-refractivity contribution in [3.8, 4) is 11.1 Å². The molecular formula is C21H21NO4. The third-order valence-electron chi connectivity index (χ3n) is 4.39. The molecule has 0 unspecified atom stereocenters. The number of benzene rings is 2. The first-order valence-corrected chi connectivity index (χ1v) is 8.70. The molecule has 5 heteroatoms. The van der Waals surface area contributed by atoms with E-state index in [4.69, 9.17) is 4.84 Å². The van der Waals surface area contributed by atoms with E-state index in [2.05, 4.69) is 0 Å². The number of nitrogens with zero attached hydrogens (tertiary/aromatic N) is 1. The third kappa shape index (κ3) is 3.68. The van der Waals surface area contributed by atoms with Crippen LogP contribution in [0, 0.1) is 0 Å². The molecule has 0 radical (unpaired) electrons. The molecule has 26 heavy (non-hydrogen) atoms. The standard InChI is InChI=1S/C21H21NO4/c1-2-26-22(20(23)18-9-6-10-19(18)21(24)25)17-13-11-16(12-14-17)15-7-4-3-5-8-15/h3-5,7-8,11-14H,2,6,9-10H2,1H3,(H,24,25). The van der Waals surface area contributed by atoms with Gasteiger partial charge in [-0.05, 0) is 49.4 Å². The van der Waals surface area contributed by atoms with Gasteiger partial charge in [-0.1, -0.05) is 42.5 Å². The van der Waals surface area contributed by atoms with Crippen LogP contribution < -0.4 is 5.06 Å². The Morgan fingerprint density at radius 2 is 1.58 bits per heavy atom. The fraction of sp³-hybridized carbons (Fsp3) is 0.238. The van der Waals surface area contributed by atoms with Gasteiger partial charge >= 0.3 is 5.97 Å². The molecule has 0 atom stereocenters. The van der Waals surface area contributed by atoms with E-state index in [1.165, 1.54) is 5.06 Å². The molecule has 2 aromatic carbocycles. The van der Waals surface area contributed by atoms with E-state index in [0.717, 1.165) is 11.1 Å². The maximum atomic E-state index is 12.9.